The summed E-state index contributed by atoms with van der Waals surface area (Å²) in [6, 6.07) is 8.69. The van der Waals surface area contributed by atoms with E-state index in [0.717, 1.165) is 19.5 Å². The number of sulfonamides is 1. The van der Waals surface area contributed by atoms with Crippen molar-refractivity contribution in [2.75, 3.05) is 40.3 Å². The molecule has 2 heterocycles. The zero-order valence-corrected chi connectivity index (χ0v) is 16.7. The minimum absolute atomic E-state index is 0.110. The smallest absolute Gasteiger partial charge is 0.243 e. The van der Waals surface area contributed by atoms with Crippen LogP contribution in [0.4, 0.5) is 0 Å². The molecule has 0 aromatic heterocycles. The van der Waals surface area contributed by atoms with E-state index in [9.17, 15) is 13.2 Å². The van der Waals surface area contributed by atoms with Crippen molar-refractivity contribution in [3.8, 4) is 0 Å². The van der Waals surface area contributed by atoms with Gasteiger partial charge in [0.25, 0.3) is 0 Å². The van der Waals surface area contributed by atoms with E-state index < -0.39 is 15.4 Å². The summed E-state index contributed by atoms with van der Waals surface area (Å²) < 4.78 is 27.6. The molecule has 1 amide bonds. The summed E-state index contributed by atoms with van der Waals surface area (Å²) in [6.07, 6.45) is 2.08. The van der Waals surface area contributed by atoms with Crippen molar-refractivity contribution in [1.82, 2.24) is 14.1 Å². The summed E-state index contributed by atoms with van der Waals surface area (Å²) in [5.41, 5.74) is -0.472. The lowest BCUT2D eigenvalue weighted by molar-refractivity contribution is -0.141. The molecule has 26 heavy (non-hydrogen) atoms. The Morgan fingerprint density at radius 1 is 1.15 bits per heavy atom. The predicted molar refractivity (Wildman–Crippen MR) is 101 cm³/mol. The van der Waals surface area contributed by atoms with E-state index in [1.54, 1.807) is 47.6 Å². The largest absolute Gasteiger partial charge is 0.348 e. The molecule has 6 nitrogen and oxygen atoms in total. The van der Waals surface area contributed by atoms with Crippen molar-refractivity contribution in [1.29, 1.82) is 0 Å². The lowest BCUT2D eigenvalue weighted by atomic mass is 9.75. The summed E-state index contributed by atoms with van der Waals surface area (Å²) in [7, 11) is 0.0721. The molecule has 0 spiro atoms. The molecule has 1 aromatic rings. The Morgan fingerprint density at radius 3 is 2.42 bits per heavy atom. The lowest BCUT2D eigenvalue weighted by Crippen LogP contribution is -2.49. The van der Waals surface area contributed by atoms with Gasteiger partial charge in [-0.2, -0.15) is 4.31 Å². The minimum Gasteiger partial charge on any atom is -0.348 e. The molecule has 0 radical (unpaired) electrons. The summed E-state index contributed by atoms with van der Waals surface area (Å²) in [4.78, 5) is 17.4. The highest BCUT2D eigenvalue weighted by Crippen LogP contribution is 2.45. The van der Waals surface area contributed by atoms with Gasteiger partial charge in [-0.3, -0.25) is 9.69 Å². The van der Waals surface area contributed by atoms with E-state index in [1.807, 2.05) is 6.07 Å². The van der Waals surface area contributed by atoms with Crippen LogP contribution < -0.4 is 0 Å². The van der Waals surface area contributed by atoms with Crippen LogP contribution in [0.3, 0.4) is 0 Å². The topological polar surface area (TPSA) is 60.9 Å². The van der Waals surface area contributed by atoms with Gasteiger partial charge in [0.05, 0.1) is 10.3 Å². The minimum atomic E-state index is -3.52. The number of likely N-dealkylation sites (tertiary alicyclic amines) is 1. The second kappa shape index (κ2) is 7.29. The second-order valence-corrected chi connectivity index (χ2v) is 9.44. The van der Waals surface area contributed by atoms with Crippen LogP contribution in [0.1, 0.15) is 26.2 Å². The summed E-state index contributed by atoms with van der Waals surface area (Å²) in [5.74, 6) is 0.136. The molecule has 0 aliphatic carbocycles. The summed E-state index contributed by atoms with van der Waals surface area (Å²) in [5, 5.41) is 0. The fraction of sp³-hybridized carbons (Fsp3) is 0.632. The van der Waals surface area contributed by atoms with Crippen LogP contribution >= 0.6 is 0 Å². The van der Waals surface area contributed by atoms with Gasteiger partial charge >= 0.3 is 0 Å². The first-order chi connectivity index (χ1) is 12.3. The number of nitrogens with zero attached hydrogens (tertiary/aromatic N) is 3. The van der Waals surface area contributed by atoms with Gasteiger partial charge in [-0.25, -0.2) is 8.42 Å². The Bertz CT molecular complexity index is 751. The third kappa shape index (κ3) is 3.17. The molecule has 2 fully saturated rings. The van der Waals surface area contributed by atoms with Gasteiger partial charge in [0.2, 0.25) is 15.9 Å². The van der Waals surface area contributed by atoms with Gasteiger partial charge in [-0.1, -0.05) is 25.1 Å². The first-order valence-electron chi connectivity index (χ1n) is 9.34. The van der Waals surface area contributed by atoms with E-state index in [2.05, 4.69) is 11.8 Å². The average molecular weight is 380 g/mol. The van der Waals surface area contributed by atoms with Crippen molar-refractivity contribution < 1.29 is 13.2 Å². The SMILES string of the molecule is CCN1CC[C@]2(C(=O)N(C)C)CCN(S(=O)(=O)c3ccccc3)CC[C@H]12. The highest BCUT2D eigenvalue weighted by atomic mass is 32.2. The molecule has 1 aromatic carbocycles. The zero-order chi connectivity index (χ0) is 18.9. The van der Waals surface area contributed by atoms with Gasteiger partial charge in [0, 0.05) is 33.2 Å². The maximum atomic E-state index is 13.1. The quantitative estimate of drug-likeness (QED) is 0.798. The Labute approximate surface area is 156 Å². The number of hydrogen-bond acceptors (Lipinski definition) is 4. The molecule has 2 saturated heterocycles. The van der Waals surface area contributed by atoms with Gasteiger partial charge in [-0.15, -0.1) is 0 Å². The summed E-state index contributed by atoms with van der Waals surface area (Å²) in [6.45, 7) is 4.76. The zero-order valence-electron chi connectivity index (χ0n) is 15.9. The third-order valence-electron chi connectivity index (χ3n) is 6.00. The van der Waals surface area contributed by atoms with E-state index >= 15 is 0 Å². The molecule has 0 saturated carbocycles. The van der Waals surface area contributed by atoms with Gasteiger partial charge in [0.15, 0.2) is 0 Å². The Kier molecular flexibility index (Phi) is 5.42. The molecule has 2 aliphatic rings. The van der Waals surface area contributed by atoms with E-state index in [0.29, 0.717) is 30.8 Å². The first kappa shape index (κ1) is 19.3. The normalized spacial score (nSPS) is 27.7. The van der Waals surface area contributed by atoms with Crippen LogP contribution in [-0.4, -0.2) is 74.7 Å². The number of rotatable bonds is 4. The molecule has 0 bridgehead atoms. The van der Waals surface area contributed by atoms with Gasteiger partial charge < -0.3 is 4.90 Å². The number of carbonyl (C=O) groups excluding carboxylic acids is 1. The fourth-order valence-corrected chi connectivity index (χ4v) is 6.11. The maximum Gasteiger partial charge on any atom is 0.243 e. The molecule has 0 unspecified atom stereocenters. The second-order valence-electron chi connectivity index (χ2n) is 7.51. The molecular weight excluding hydrogens is 350 g/mol. The average Bonchev–Trinajstić information content (AvgIpc) is 2.88. The van der Waals surface area contributed by atoms with Gasteiger partial charge in [0.1, 0.15) is 0 Å². The van der Waals surface area contributed by atoms with Crippen molar-refractivity contribution in [3.05, 3.63) is 30.3 Å². The molecule has 0 N–H and O–H groups in total. The van der Waals surface area contributed by atoms with E-state index in [1.165, 1.54) is 0 Å². The van der Waals surface area contributed by atoms with Crippen molar-refractivity contribution >= 4 is 15.9 Å². The van der Waals surface area contributed by atoms with Crippen LogP contribution in [0.5, 0.6) is 0 Å². The Hall–Kier alpha value is -1.44. The maximum absolute atomic E-state index is 13.1. The van der Waals surface area contributed by atoms with Crippen molar-refractivity contribution in [2.24, 2.45) is 5.41 Å². The lowest BCUT2D eigenvalue weighted by Gasteiger charge is -2.37. The molecule has 2 aliphatic heterocycles. The monoisotopic (exact) mass is 379 g/mol. The van der Waals surface area contributed by atoms with Crippen LogP contribution in [0.15, 0.2) is 35.2 Å². The molecule has 3 rings (SSSR count). The number of carbonyl (C=O) groups is 1. The van der Waals surface area contributed by atoms with Crippen molar-refractivity contribution in [2.45, 2.75) is 37.1 Å². The van der Waals surface area contributed by atoms with Crippen LogP contribution in [0.25, 0.3) is 0 Å². The molecule has 144 valence electrons. The Morgan fingerprint density at radius 2 is 1.81 bits per heavy atom. The molecule has 2 atom stereocenters. The Balaban J connectivity index is 1.91. The number of benzene rings is 1. The predicted octanol–water partition coefficient (Wildman–Crippen LogP) is 1.64. The van der Waals surface area contributed by atoms with Gasteiger partial charge in [-0.05, 0) is 44.5 Å². The number of amides is 1. The van der Waals surface area contributed by atoms with Crippen LogP contribution in [-0.2, 0) is 14.8 Å². The standard InChI is InChI=1S/C19H29N3O3S/c1-4-21-14-11-19(18(23)20(2)3)12-15-22(13-10-17(19)21)26(24,25)16-8-6-5-7-9-16/h5-9,17H,4,10-15H2,1-3H3/t17-,19-/m0/s1. The van der Waals surface area contributed by atoms with Crippen LogP contribution in [0.2, 0.25) is 0 Å². The van der Waals surface area contributed by atoms with Crippen molar-refractivity contribution in [3.63, 3.8) is 0 Å². The number of fused-ring (bicyclic) bond motifs is 1. The molecule has 7 heteroatoms. The number of hydrogen-bond donors (Lipinski definition) is 0. The highest BCUT2D eigenvalue weighted by Gasteiger charge is 2.54. The summed E-state index contributed by atoms with van der Waals surface area (Å²) >= 11 is 0. The first-order valence-corrected chi connectivity index (χ1v) is 10.8. The van der Waals surface area contributed by atoms with E-state index in [-0.39, 0.29) is 11.9 Å². The van der Waals surface area contributed by atoms with Crippen LogP contribution in [0, 0.1) is 5.41 Å². The molecular formula is C19H29N3O3S. The highest BCUT2D eigenvalue weighted by molar-refractivity contribution is 7.89. The fourth-order valence-electron chi connectivity index (χ4n) is 4.63. The third-order valence-corrected chi connectivity index (χ3v) is 7.92. The van der Waals surface area contributed by atoms with E-state index in [4.69, 9.17) is 0 Å².